The van der Waals surface area contributed by atoms with Crippen molar-refractivity contribution >= 4 is 17.5 Å². The third-order valence-electron chi connectivity index (χ3n) is 3.42. The molecule has 3 aromatic rings. The van der Waals surface area contributed by atoms with Crippen molar-refractivity contribution in [3.8, 4) is 22.9 Å². The lowest BCUT2D eigenvalue weighted by Crippen LogP contribution is -2.13. The van der Waals surface area contributed by atoms with Gasteiger partial charge >= 0.3 is 0 Å². The van der Waals surface area contributed by atoms with E-state index in [1.165, 1.54) is 23.9 Å². The molecule has 0 unspecified atom stereocenters. The van der Waals surface area contributed by atoms with E-state index in [2.05, 4.69) is 20.3 Å². The summed E-state index contributed by atoms with van der Waals surface area (Å²) in [7, 11) is 0. The highest BCUT2D eigenvalue weighted by Gasteiger charge is 2.21. The van der Waals surface area contributed by atoms with Crippen LogP contribution in [0.5, 0.6) is 11.5 Å². The number of hydrogen-bond donors (Lipinski definition) is 2. The van der Waals surface area contributed by atoms with Gasteiger partial charge in [-0.3, -0.25) is 4.98 Å². The minimum Gasteiger partial charge on any atom is -0.504 e. The predicted molar refractivity (Wildman–Crippen MR) is 85.7 cm³/mol. The normalized spacial score (nSPS) is 13.5. The first-order valence-corrected chi connectivity index (χ1v) is 7.80. The van der Waals surface area contributed by atoms with Crippen LogP contribution >= 0.6 is 11.8 Å². The van der Waals surface area contributed by atoms with Crippen LogP contribution < -0.4 is 0 Å². The van der Waals surface area contributed by atoms with E-state index in [1.807, 2.05) is 12.1 Å². The number of fused-ring (bicyclic) bond motifs is 1. The first-order valence-electron chi connectivity index (χ1n) is 6.81. The predicted octanol–water partition coefficient (Wildman–Crippen LogP) is 2.11. The largest absolute Gasteiger partial charge is 0.504 e. The van der Waals surface area contributed by atoms with E-state index in [0.717, 1.165) is 16.8 Å². The summed E-state index contributed by atoms with van der Waals surface area (Å²) in [6, 6.07) is 8.35. The molecule has 3 heterocycles. The number of hydrogen-bond acceptors (Lipinski definition) is 7. The van der Waals surface area contributed by atoms with E-state index < -0.39 is 0 Å². The average Bonchev–Trinajstić information content (AvgIpc) is 3.01. The zero-order valence-electron chi connectivity index (χ0n) is 11.8. The van der Waals surface area contributed by atoms with Crippen LogP contribution in [0.4, 0.5) is 0 Å². The van der Waals surface area contributed by atoms with E-state index >= 15 is 0 Å². The van der Waals surface area contributed by atoms with E-state index in [1.54, 1.807) is 23.1 Å². The maximum Gasteiger partial charge on any atom is 0.212 e. The first kappa shape index (κ1) is 13.8. The number of thioether (sulfide) groups is 1. The summed E-state index contributed by atoms with van der Waals surface area (Å²) in [4.78, 5) is 4.00. The molecule has 8 heteroatoms. The minimum atomic E-state index is -0.167. The highest BCUT2D eigenvalue weighted by molar-refractivity contribution is 7.99. The molecule has 4 rings (SSSR count). The smallest absolute Gasteiger partial charge is 0.212 e. The van der Waals surface area contributed by atoms with Crippen molar-refractivity contribution in [2.24, 2.45) is 5.10 Å². The summed E-state index contributed by atoms with van der Waals surface area (Å²) in [6.07, 6.45) is 3.38. The SMILES string of the molecule is Oc1ccc(C2=Nn3c(nnc3-c3ccncc3)SC2)cc1O. The third kappa shape index (κ3) is 2.42. The second kappa shape index (κ2) is 5.40. The van der Waals surface area contributed by atoms with Crippen molar-refractivity contribution in [1.82, 2.24) is 19.9 Å². The number of phenols is 2. The molecule has 1 aromatic carbocycles. The zero-order valence-corrected chi connectivity index (χ0v) is 12.6. The fourth-order valence-electron chi connectivity index (χ4n) is 2.25. The van der Waals surface area contributed by atoms with E-state index in [9.17, 15) is 10.2 Å². The Hall–Kier alpha value is -2.87. The highest BCUT2D eigenvalue weighted by atomic mass is 32.2. The number of aromatic nitrogens is 4. The molecule has 7 nitrogen and oxygen atoms in total. The zero-order chi connectivity index (χ0) is 15.8. The van der Waals surface area contributed by atoms with Crippen LogP contribution in [-0.2, 0) is 0 Å². The van der Waals surface area contributed by atoms with Gasteiger partial charge in [-0.25, -0.2) is 0 Å². The summed E-state index contributed by atoms with van der Waals surface area (Å²) in [5.74, 6) is 0.924. The second-order valence-electron chi connectivity index (χ2n) is 4.89. The standard InChI is InChI=1S/C15H11N5O2S/c21-12-2-1-10(7-13(12)22)11-8-23-15-18-17-14(20(15)19-11)9-3-5-16-6-4-9/h1-7,21-22H,8H2. The van der Waals surface area contributed by atoms with Crippen molar-refractivity contribution in [2.75, 3.05) is 5.75 Å². The second-order valence-corrected chi connectivity index (χ2v) is 5.84. The van der Waals surface area contributed by atoms with Crippen LogP contribution in [0.25, 0.3) is 11.4 Å². The molecule has 0 fully saturated rings. The van der Waals surface area contributed by atoms with Crippen LogP contribution in [0, 0.1) is 0 Å². The molecule has 23 heavy (non-hydrogen) atoms. The Bertz CT molecular complexity index is 907. The van der Waals surface area contributed by atoms with Crippen LogP contribution in [0.1, 0.15) is 5.56 Å². The van der Waals surface area contributed by atoms with Gasteiger partial charge in [0.1, 0.15) is 0 Å². The fourth-order valence-corrected chi connectivity index (χ4v) is 3.09. The van der Waals surface area contributed by atoms with Crippen molar-refractivity contribution in [3.63, 3.8) is 0 Å². The maximum absolute atomic E-state index is 9.67. The fraction of sp³-hybridized carbons (Fsp3) is 0.0667. The third-order valence-corrected chi connectivity index (χ3v) is 4.35. The molecule has 114 valence electrons. The lowest BCUT2D eigenvalue weighted by molar-refractivity contribution is 0.403. The van der Waals surface area contributed by atoms with Gasteiger partial charge in [-0.15, -0.1) is 10.2 Å². The molecule has 2 N–H and O–H groups in total. The van der Waals surface area contributed by atoms with Crippen LogP contribution in [0.3, 0.4) is 0 Å². The molecular formula is C15H11N5O2S. The van der Waals surface area contributed by atoms with Crippen LogP contribution in [-0.4, -0.2) is 41.5 Å². The Morgan fingerprint density at radius 3 is 2.57 bits per heavy atom. The van der Waals surface area contributed by atoms with Gasteiger partial charge in [-0.1, -0.05) is 11.8 Å². The minimum absolute atomic E-state index is 0.153. The quantitative estimate of drug-likeness (QED) is 0.701. The van der Waals surface area contributed by atoms with Gasteiger partial charge in [0.15, 0.2) is 17.3 Å². The van der Waals surface area contributed by atoms with Gasteiger partial charge in [0.2, 0.25) is 5.16 Å². The van der Waals surface area contributed by atoms with Crippen molar-refractivity contribution in [3.05, 3.63) is 48.3 Å². The summed E-state index contributed by atoms with van der Waals surface area (Å²) < 4.78 is 1.68. The summed E-state index contributed by atoms with van der Waals surface area (Å²) >= 11 is 1.52. The number of benzene rings is 1. The average molecular weight is 325 g/mol. The van der Waals surface area contributed by atoms with Gasteiger partial charge in [0.05, 0.1) is 5.71 Å². The van der Waals surface area contributed by atoms with Gasteiger partial charge in [0.25, 0.3) is 0 Å². The Morgan fingerprint density at radius 2 is 1.78 bits per heavy atom. The maximum atomic E-state index is 9.67. The van der Waals surface area contributed by atoms with Gasteiger partial charge in [-0.2, -0.15) is 9.78 Å². The Morgan fingerprint density at radius 1 is 0.957 bits per heavy atom. The lowest BCUT2D eigenvalue weighted by Gasteiger charge is -2.14. The molecule has 0 atom stereocenters. The number of rotatable bonds is 2. The van der Waals surface area contributed by atoms with E-state index in [4.69, 9.17) is 0 Å². The molecule has 0 aliphatic carbocycles. The molecule has 0 radical (unpaired) electrons. The molecule has 2 aromatic heterocycles. The Labute approximate surface area is 135 Å². The number of pyridine rings is 1. The van der Waals surface area contributed by atoms with Crippen molar-refractivity contribution < 1.29 is 10.2 Å². The van der Waals surface area contributed by atoms with E-state index in [0.29, 0.717) is 16.7 Å². The number of nitrogens with zero attached hydrogens (tertiary/aromatic N) is 5. The van der Waals surface area contributed by atoms with Crippen molar-refractivity contribution in [1.29, 1.82) is 0 Å². The first-order chi connectivity index (χ1) is 11.2. The van der Waals surface area contributed by atoms with E-state index in [-0.39, 0.29) is 11.5 Å². The monoisotopic (exact) mass is 325 g/mol. The molecule has 0 saturated heterocycles. The van der Waals surface area contributed by atoms with Crippen molar-refractivity contribution in [2.45, 2.75) is 5.16 Å². The Kier molecular flexibility index (Phi) is 3.23. The summed E-state index contributed by atoms with van der Waals surface area (Å²) in [5.41, 5.74) is 2.39. The molecule has 0 spiro atoms. The summed E-state index contributed by atoms with van der Waals surface area (Å²) in [5, 5.41) is 32.8. The lowest BCUT2D eigenvalue weighted by atomic mass is 10.1. The molecule has 1 aliphatic rings. The molecule has 0 saturated carbocycles. The van der Waals surface area contributed by atoms with Gasteiger partial charge in [-0.05, 0) is 30.3 Å². The molecule has 0 bridgehead atoms. The molecular weight excluding hydrogens is 314 g/mol. The number of phenolic OH excluding ortho intramolecular Hbond substituents is 2. The van der Waals surface area contributed by atoms with Gasteiger partial charge in [0, 0.05) is 29.3 Å². The van der Waals surface area contributed by atoms with Gasteiger partial charge < -0.3 is 10.2 Å². The topological polar surface area (TPSA) is 96.4 Å². The Balaban J connectivity index is 1.80. The molecule has 0 amide bonds. The number of aromatic hydroxyl groups is 2. The highest BCUT2D eigenvalue weighted by Crippen LogP contribution is 2.30. The summed E-state index contributed by atoms with van der Waals surface area (Å²) in [6.45, 7) is 0. The van der Waals surface area contributed by atoms with Crippen LogP contribution in [0.15, 0.2) is 53.0 Å². The van der Waals surface area contributed by atoms with Crippen LogP contribution in [0.2, 0.25) is 0 Å². The molecule has 1 aliphatic heterocycles.